The van der Waals surface area contributed by atoms with Crippen molar-refractivity contribution >= 4 is 0 Å². The van der Waals surface area contributed by atoms with Crippen LogP contribution in [0, 0.1) is 12.8 Å². The molecular weight excluding hydrogens is 220 g/mol. The van der Waals surface area contributed by atoms with Crippen molar-refractivity contribution in [3.8, 4) is 0 Å². The summed E-state index contributed by atoms with van der Waals surface area (Å²) in [7, 11) is 0. The van der Waals surface area contributed by atoms with E-state index in [2.05, 4.69) is 56.9 Å². The molecule has 0 aliphatic carbocycles. The number of benzene rings is 1. The number of hydrogen-bond acceptors (Lipinski definition) is 2. The summed E-state index contributed by atoms with van der Waals surface area (Å²) in [6.07, 6.45) is 1.11. The van der Waals surface area contributed by atoms with Gasteiger partial charge >= 0.3 is 0 Å². The topological polar surface area (TPSA) is 29.3 Å². The third-order valence-electron chi connectivity index (χ3n) is 4.74. The van der Waals surface area contributed by atoms with E-state index in [0.29, 0.717) is 24.0 Å². The molecule has 0 saturated carbocycles. The smallest absolute Gasteiger partial charge is 0.0322 e. The largest absolute Gasteiger partial charge is 0.327 e. The SMILES string of the molecule is Cc1ccc(C(C)N2CCC(N)C(C)C2C)cc1. The molecule has 1 aliphatic rings. The maximum Gasteiger partial charge on any atom is 0.0322 e. The minimum atomic E-state index is 0.362. The van der Waals surface area contributed by atoms with Crippen molar-refractivity contribution in [3.05, 3.63) is 35.4 Å². The lowest BCUT2D eigenvalue weighted by atomic mass is 9.86. The highest BCUT2D eigenvalue weighted by Crippen LogP contribution is 2.30. The van der Waals surface area contributed by atoms with Crippen LogP contribution in [0.1, 0.15) is 44.4 Å². The van der Waals surface area contributed by atoms with E-state index >= 15 is 0 Å². The Balaban J connectivity index is 2.13. The van der Waals surface area contributed by atoms with Crippen molar-refractivity contribution in [2.45, 2.75) is 52.2 Å². The highest BCUT2D eigenvalue weighted by atomic mass is 15.2. The maximum absolute atomic E-state index is 6.16. The van der Waals surface area contributed by atoms with Gasteiger partial charge in [0.1, 0.15) is 0 Å². The number of likely N-dealkylation sites (tertiary alicyclic amines) is 1. The van der Waals surface area contributed by atoms with E-state index in [1.54, 1.807) is 0 Å². The van der Waals surface area contributed by atoms with Gasteiger partial charge in [0.05, 0.1) is 0 Å². The zero-order valence-electron chi connectivity index (χ0n) is 12.1. The number of aryl methyl sites for hydroxylation is 1. The summed E-state index contributed by atoms with van der Waals surface area (Å²) in [5.74, 6) is 0.576. The second kappa shape index (κ2) is 5.41. The molecule has 1 saturated heterocycles. The highest BCUT2D eigenvalue weighted by Gasteiger charge is 2.32. The molecule has 1 aliphatic heterocycles. The quantitative estimate of drug-likeness (QED) is 0.868. The second-order valence-electron chi connectivity index (χ2n) is 5.88. The molecule has 1 aromatic rings. The molecule has 2 rings (SSSR count). The lowest BCUT2D eigenvalue weighted by Crippen LogP contribution is -2.52. The van der Waals surface area contributed by atoms with E-state index in [0.717, 1.165) is 13.0 Å². The van der Waals surface area contributed by atoms with Gasteiger partial charge in [-0.15, -0.1) is 0 Å². The molecule has 1 aromatic carbocycles. The third kappa shape index (κ3) is 2.60. The minimum Gasteiger partial charge on any atom is -0.327 e. The van der Waals surface area contributed by atoms with Gasteiger partial charge < -0.3 is 5.73 Å². The molecule has 2 N–H and O–H groups in total. The van der Waals surface area contributed by atoms with Crippen LogP contribution >= 0.6 is 0 Å². The van der Waals surface area contributed by atoms with Gasteiger partial charge in [0.25, 0.3) is 0 Å². The van der Waals surface area contributed by atoms with Crippen LogP contribution in [0.2, 0.25) is 0 Å². The molecule has 4 unspecified atom stereocenters. The zero-order valence-corrected chi connectivity index (χ0v) is 12.1. The van der Waals surface area contributed by atoms with Crippen LogP contribution in [0.3, 0.4) is 0 Å². The summed E-state index contributed by atoms with van der Waals surface area (Å²) < 4.78 is 0. The van der Waals surface area contributed by atoms with Crippen LogP contribution in [-0.2, 0) is 0 Å². The number of hydrogen-bond donors (Lipinski definition) is 1. The Hall–Kier alpha value is -0.860. The van der Waals surface area contributed by atoms with Gasteiger partial charge in [-0.1, -0.05) is 36.8 Å². The molecule has 2 heteroatoms. The van der Waals surface area contributed by atoms with E-state index in [1.807, 2.05) is 0 Å². The van der Waals surface area contributed by atoms with Gasteiger partial charge in [-0.05, 0) is 38.7 Å². The number of nitrogens with zero attached hydrogens (tertiary/aromatic N) is 1. The Bertz CT molecular complexity index is 385. The minimum absolute atomic E-state index is 0.362. The van der Waals surface area contributed by atoms with Gasteiger partial charge in [0.15, 0.2) is 0 Å². The molecule has 1 heterocycles. The van der Waals surface area contributed by atoms with Crippen LogP contribution in [0.15, 0.2) is 24.3 Å². The lowest BCUT2D eigenvalue weighted by molar-refractivity contribution is 0.0626. The predicted octanol–water partition coefficient (Wildman–Crippen LogP) is 3.11. The zero-order chi connectivity index (χ0) is 13.3. The summed E-state index contributed by atoms with van der Waals surface area (Å²) in [6, 6.07) is 10.3. The molecule has 100 valence electrons. The first-order valence-electron chi connectivity index (χ1n) is 7.08. The first-order chi connectivity index (χ1) is 8.50. The fourth-order valence-corrected chi connectivity index (χ4v) is 3.01. The van der Waals surface area contributed by atoms with Gasteiger partial charge in [0.2, 0.25) is 0 Å². The van der Waals surface area contributed by atoms with Crippen molar-refractivity contribution in [2.75, 3.05) is 6.54 Å². The molecule has 0 amide bonds. The average Bonchev–Trinajstić information content (AvgIpc) is 2.36. The standard InChI is InChI=1S/C16H26N2/c1-11-5-7-15(8-6-11)14(4)18-10-9-16(17)12(2)13(18)3/h5-8,12-14,16H,9-10,17H2,1-4H3. The summed E-state index contributed by atoms with van der Waals surface area (Å²) in [4.78, 5) is 2.60. The Morgan fingerprint density at radius 1 is 1.22 bits per heavy atom. The molecular formula is C16H26N2. The van der Waals surface area contributed by atoms with Gasteiger partial charge in [0, 0.05) is 24.7 Å². The van der Waals surface area contributed by atoms with E-state index < -0.39 is 0 Å². The second-order valence-corrected chi connectivity index (χ2v) is 5.88. The lowest BCUT2D eigenvalue weighted by Gasteiger charge is -2.44. The molecule has 0 bridgehead atoms. The van der Waals surface area contributed by atoms with Crippen LogP contribution in [0.4, 0.5) is 0 Å². The number of nitrogens with two attached hydrogens (primary N) is 1. The van der Waals surface area contributed by atoms with E-state index in [-0.39, 0.29) is 0 Å². The van der Waals surface area contributed by atoms with Crippen molar-refractivity contribution < 1.29 is 0 Å². The maximum atomic E-state index is 6.16. The molecule has 2 nitrogen and oxygen atoms in total. The Morgan fingerprint density at radius 3 is 2.44 bits per heavy atom. The highest BCUT2D eigenvalue weighted by molar-refractivity contribution is 5.24. The van der Waals surface area contributed by atoms with E-state index in [9.17, 15) is 0 Å². The number of piperidine rings is 1. The molecule has 18 heavy (non-hydrogen) atoms. The van der Waals surface area contributed by atoms with Crippen molar-refractivity contribution in [3.63, 3.8) is 0 Å². The molecule has 1 fully saturated rings. The summed E-state index contributed by atoms with van der Waals surface area (Å²) in [5.41, 5.74) is 8.90. The van der Waals surface area contributed by atoms with Crippen molar-refractivity contribution in [1.29, 1.82) is 0 Å². The van der Waals surface area contributed by atoms with E-state index in [1.165, 1.54) is 11.1 Å². The Morgan fingerprint density at radius 2 is 1.83 bits per heavy atom. The Kier molecular flexibility index (Phi) is 4.08. The van der Waals surface area contributed by atoms with Crippen molar-refractivity contribution in [2.24, 2.45) is 11.7 Å². The average molecular weight is 246 g/mol. The van der Waals surface area contributed by atoms with Crippen LogP contribution < -0.4 is 5.73 Å². The first kappa shape index (κ1) is 13.6. The summed E-state index contributed by atoms with van der Waals surface area (Å²) >= 11 is 0. The monoisotopic (exact) mass is 246 g/mol. The summed E-state index contributed by atoms with van der Waals surface area (Å²) in [6.45, 7) is 10.2. The molecule has 0 aromatic heterocycles. The van der Waals surface area contributed by atoms with Gasteiger partial charge in [-0.3, -0.25) is 4.90 Å². The van der Waals surface area contributed by atoms with Crippen LogP contribution in [0.25, 0.3) is 0 Å². The first-order valence-corrected chi connectivity index (χ1v) is 7.08. The fraction of sp³-hybridized carbons (Fsp3) is 0.625. The van der Waals surface area contributed by atoms with Gasteiger partial charge in [-0.25, -0.2) is 0 Å². The van der Waals surface area contributed by atoms with Gasteiger partial charge in [-0.2, -0.15) is 0 Å². The van der Waals surface area contributed by atoms with Crippen LogP contribution in [0.5, 0.6) is 0 Å². The summed E-state index contributed by atoms with van der Waals surface area (Å²) in [5, 5.41) is 0. The molecule has 0 radical (unpaired) electrons. The van der Waals surface area contributed by atoms with Crippen molar-refractivity contribution in [1.82, 2.24) is 4.90 Å². The number of rotatable bonds is 2. The fourth-order valence-electron chi connectivity index (χ4n) is 3.01. The normalized spacial score (nSPS) is 31.3. The Labute approximate surface area is 111 Å². The predicted molar refractivity (Wildman–Crippen MR) is 77.5 cm³/mol. The molecule has 0 spiro atoms. The molecule has 4 atom stereocenters. The van der Waals surface area contributed by atoms with E-state index in [4.69, 9.17) is 5.73 Å². The van der Waals surface area contributed by atoms with Crippen LogP contribution in [-0.4, -0.2) is 23.5 Å². The third-order valence-corrected chi connectivity index (χ3v) is 4.74.